The van der Waals surface area contributed by atoms with E-state index < -0.39 is 0 Å². The van der Waals surface area contributed by atoms with Crippen molar-refractivity contribution < 1.29 is 4.74 Å². The number of nitrogens with one attached hydrogen (secondary N) is 1. The Labute approximate surface area is 128 Å². The van der Waals surface area contributed by atoms with E-state index in [-0.39, 0.29) is 6.04 Å². The van der Waals surface area contributed by atoms with Gasteiger partial charge in [0.15, 0.2) is 0 Å². The second kappa shape index (κ2) is 6.17. The summed E-state index contributed by atoms with van der Waals surface area (Å²) >= 11 is 8.04. The summed E-state index contributed by atoms with van der Waals surface area (Å²) in [5.41, 5.74) is 2.51. The standard InChI is InChI=1S/C16H18ClNOS/c1-2-8-18-14(16-13(17)7-10-20-16)12-5-3-4-11-6-9-19-15(11)12/h3-5,7,10,14,18H,2,6,8-9H2,1H3. The molecule has 0 saturated carbocycles. The monoisotopic (exact) mass is 307 g/mol. The maximum atomic E-state index is 6.34. The van der Waals surface area contributed by atoms with Gasteiger partial charge in [-0.2, -0.15) is 0 Å². The van der Waals surface area contributed by atoms with Crippen molar-refractivity contribution in [1.29, 1.82) is 0 Å². The zero-order valence-corrected chi connectivity index (χ0v) is 13.1. The van der Waals surface area contributed by atoms with E-state index >= 15 is 0 Å². The van der Waals surface area contributed by atoms with E-state index in [0.717, 1.165) is 36.8 Å². The fourth-order valence-corrected chi connectivity index (χ4v) is 3.87. The molecule has 1 aliphatic rings. The molecule has 2 heterocycles. The van der Waals surface area contributed by atoms with Gasteiger partial charge in [-0.1, -0.05) is 36.7 Å². The number of thiophene rings is 1. The lowest BCUT2D eigenvalue weighted by Crippen LogP contribution is -2.23. The van der Waals surface area contributed by atoms with Gasteiger partial charge in [-0.25, -0.2) is 0 Å². The summed E-state index contributed by atoms with van der Waals surface area (Å²) in [6.45, 7) is 3.92. The molecule has 3 rings (SSSR count). The van der Waals surface area contributed by atoms with Crippen molar-refractivity contribution in [3.8, 4) is 5.75 Å². The van der Waals surface area contributed by atoms with Gasteiger partial charge in [-0.15, -0.1) is 11.3 Å². The van der Waals surface area contributed by atoms with Crippen LogP contribution in [0, 0.1) is 0 Å². The van der Waals surface area contributed by atoms with Crippen LogP contribution in [0.3, 0.4) is 0 Å². The van der Waals surface area contributed by atoms with Crippen LogP contribution in [0.15, 0.2) is 29.6 Å². The van der Waals surface area contributed by atoms with Gasteiger partial charge in [0, 0.05) is 16.9 Å². The van der Waals surface area contributed by atoms with Crippen LogP contribution in [-0.4, -0.2) is 13.2 Å². The predicted octanol–water partition coefficient (Wildman–Crippen LogP) is 4.43. The van der Waals surface area contributed by atoms with Crippen LogP contribution in [0.2, 0.25) is 5.02 Å². The second-order valence-corrected chi connectivity index (χ2v) is 6.31. The molecule has 2 nitrogen and oxygen atoms in total. The molecular formula is C16H18ClNOS. The molecule has 0 aliphatic carbocycles. The Bertz CT molecular complexity index is 596. The molecule has 0 amide bonds. The van der Waals surface area contributed by atoms with Crippen molar-refractivity contribution >= 4 is 22.9 Å². The van der Waals surface area contributed by atoms with Gasteiger partial charge in [0.05, 0.1) is 17.7 Å². The molecule has 1 aliphatic heterocycles. The highest BCUT2D eigenvalue weighted by Gasteiger charge is 2.25. The van der Waals surface area contributed by atoms with Gasteiger partial charge in [0.25, 0.3) is 0 Å². The largest absolute Gasteiger partial charge is 0.493 e. The van der Waals surface area contributed by atoms with Gasteiger partial charge in [-0.3, -0.25) is 0 Å². The third kappa shape index (κ3) is 2.58. The Balaban J connectivity index is 2.02. The first-order chi connectivity index (χ1) is 9.81. The summed E-state index contributed by atoms with van der Waals surface area (Å²) in [6.07, 6.45) is 2.09. The fourth-order valence-electron chi connectivity index (χ4n) is 2.61. The molecule has 0 radical (unpaired) electrons. The SMILES string of the molecule is CCCNC(c1cccc2c1OCC2)c1sccc1Cl. The van der Waals surface area contributed by atoms with E-state index in [9.17, 15) is 0 Å². The van der Waals surface area contributed by atoms with Crippen LogP contribution in [-0.2, 0) is 6.42 Å². The number of para-hydroxylation sites is 1. The lowest BCUT2D eigenvalue weighted by Gasteiger charge is -2.20. The van der Waals surface area contributed by atoms with Crippen molar-refractivity contribution in [2.24, 2.45) is 0 Å². The smallest absolute Gasteiger partial charge is 0.127 e. The molecule has 1 N–H and O–H groups in total. The second-order valence-electron chi connectivity index (χ2n) is 4.95. The summed E-state index contributed by atoms with van der Waals surface area (Å²) in [4.78, 5) is 1.17. The lowest BCUT2D eigenvalue weighted by molar-refractivity contribution is 0.350. The van der Waals surface area contributed by atoms with Crippen molar-refractivity contribution in [2.45, 2.75) is 25.8 Å². The van der Waals surface area contributed by atoms with Crippen molar-refractivity contribution in [2.75, 3.05) is 13.2 Å². The minimum atomic E-state index is 0.121. The Morgan fingerprint density at radius 2 is 2.30 bits per heavy atom. The average molecular weight is 308 g/mol. The summed E-state index contributed by atoms with van der Waals surface area (Å²) < 4.78 is 5.85. The van der Waals surface area contributed by atoms with Crippen molar-refractivity contribution in [3.63, 3.8) is 0 Å². The van der Waals surface area contributed by atoms with Crippen LogP contribution in [0.4, 0.5) is 0 Å². The van der Waals surface area contributed by atoms with Crippen LogP contribution >= 0.6 is 22.9 Å². The number of halogens is 1. The van der Waals surface area contributed by atoms with Gasteiger partial charge < -0.3 is 10.1 Å². The van der Waals surface area contributed by atoms with Crippen LogP contribution in [0.25, 0.3) is 0 Å². The molecule has 20 heavy (non-hydrogen) atoms. The topological polar surface area (TPSA) is 21.3 Å². The molecule has 1 atom stereocenters. The molecule has 0 saturated heterocycles. The van der Waals surface area contributed by atoms with E-state index in [1.54, 1.807) is 11.3 Å². The lowest BCUT2D eigenvalue weighted by atomic mass is 10.0. The first-order valence-electron chi connectivity index (χ1n) is 7.02. The Morgan fingerprint density at radius 1 is 1.40 bits per heavy atom. The molecule has 1 aromatic heterocycles. The van der Waals surface area contributed by atoms with Gasteiger partial charge >= 0.3 is 0 Å². The minimum absolute atomic E-state index is 0.121. The Hall–Kier alpha value is -1.03. The third-order valence-electron chi connectivity index (χ3n) is 3.56. The maximum absolute atomic E-state index is 6.34. The third-order valence-corrected chi connectivity index (χ3v) is 4.98. The first kappa shape index (κ1) is 13.9. The van der Waals surface area contributed by atoms with E-state index in [0.29, 0.717) is 0 Å². The van der Waals surface area contributed by atoms with E-state index in [1.165, 1.54) is 16.0 Å². The molecule has 0 spiro atoms. The van der Waals surface area contributed by atoms with Gasteiger partial charge in [0.2, 0.25) is 0 Å². The number of rotatable bonds is 5. The molecule has 1 unspecified atom stereocenters. The highest BCUT2D eigenvalue weighted by molar-refractivity contribution is 7.10. The summed E-state index contributed by atoms with van der Waals surface area (Å²) in [5, 5.41) is 6.48. The number of hydrogen-bond acceptors (Lipinski definition) is 3. The highest BCUT2D eigenvalue weighted by atomic mass is 35.5. The zero-order chi connectivity index (χ0) is 13.9. The van der Waals surface area contributed by atoms with Crippen molar-refractivity contribution in [1.82, 2.24) is 5.32 Å². The van der Waals surface area contributed by atoms with Crippen molar-refractivity contribution in [3.05, 3.63) is 50.7 Å². The first-order valence-corrected chi connectivity index (χ1v) is 8.28. The molecular weight excluding hydrogens is 290 g/mol. The quantitative estimate of drug-likeness (QED) is 0.882. The fraction of sp³-hybridized carbons (Fsp3) is 0.375. The van der Waals surface area contributed by atoms with Crippen LogP contribution < -0.4 is 10.1 Å². The molecule has 106 valence electrons. The number of benzene rings is 1. The van der Waals surface area contributed by atoms with Crippen LogP contribution in [0.1, 0.15) is 35.4 Å². The summed E-state index contributed by atoms with van der Waals surface area (Å²) in [6, 6.07) is 8.50. The Morgan fingerprint density at radius 3 is 3.05 bits per heavy atom. The molecule has 4 heteroatoms. The zero-order valence-electron chi connectivity index (χ0n) is 11.5. The molecule has 0 bridgehead atoms. The maximum Gasteiger partial charge on any atom is 0.127 e. The summed E-state index contributed by atoms with van der Waals surface area (Å²) in [5.74, 6) is 1.05. The van der Waals surface area contributed by atoms with Gasteiger partial charge in [0.1, 0.15) is 5.75 Å². The number of hydrogen-bond donors (Lipinski definition) is 1. The predicted molar refractivity (Wildman–Crippen MR) is 85.1 cm³/mol. The summed E-state index contributed by atoms with van der Waals surface area (Å²) in [7, 11) is 0. The minimum Gasteiger partial charge on any atom is -0.493 e. The van der Waals surface area contributed by atoms with E-state index in [4.69, 9.17) is 16.3 Å². The highest BCUT2D eigenvalue weighted by Crippen LogP contribution is 2.40. The Kier molecular flexibility index (Phi) is 4.29. The number of fused-ring (bicyclic) bond motifs is 1. The number of ether oxygens (including phenoxy) is 1. The molecule has 2 aromatic rings. The van der Waals surface area contributed by atoms with E-state index in [2.05, 4.69) is 30.4 Å². The average Bonchev–Trinajstić information content (AvgIpc) is 3.09. The van der Waals surface area contributed by atoms with Gasteiger partial charge in [-0.05, 0) is 30.0 Å². The van der Waals surface area contributed by atoms with E-state index in [1.807, 2.05) is 11.4 Å². The normalized spacial score (nSPS) is 14.9. The molecule has 0 fully saturated rings. The van der Waals surface area contributed by atoms with Crippen LogP contribution in [0.5, 0.6) is 5.75 Å². The molecule has 1 aromatic carbocycles.